The molecule has 1 N–H and O–H groups in total. The fourth-order valence-corrected chi connectivity index (χ4v) is 4.22. The summed E-state index contributed by atoms with van der Waals surface area (Å²) >= 11 is 0. The lowest BCUT2D eigenvalue weighted by atomic mass is 10.1. The van der Waals surface area contributed by atoms with Crippen molar-refractivity contribution in [3.8, 4) is 5.75 Å². The van der Waals surface area contributed by atoms with Crippen LogP contribution in [0.2, 0.25) is 0 Å². The van der Waals surface area contributed by atoms with Crippen molar-refractivity contribution in [3.05, 3.63) is 60.2 Å². The van der Waals surface area contributed by atoms with Gasteiger partial charge in [0.2, 0.25) is 0 Å². The summed E-state index contributed by atoms with van der Waals surface area (Å²) < 4.78 is 10.5. The number of para-hydroxylation sites is 1. The van der Waals surface area contributed by atoms with Crippen LogP contribution in [0.3, 0.4) is 0 Å². The molecule has 174 valence electrons. The number of ether oxygens (including phenoxy) is 2. The number of benzene rings is 2. The summed E-state index contributed by atoms with van der Waals surface area (Å²) in [5.41, 5.74) is 2.67. The number of aromatic nitrogens is 1. The third-order valence-electron chi connectivity index (χ3n) is 6.18. The van der Waals surface area contributed by atoms with Crippen molar-refractivity contribution in [1.29, 1.82) is 0 Å². The predicted octanol–water partition coefficient (Wildman–Crippen LogP) is 3.72. The number of carbonyl (C=O) groups is 1. The van der Waals surface area contributed by atoms with Gasteiger partial charge in [-0.2, -0.15) is 0 Å². The minimum Gasteiger partial charge on any atom is -0.497 e. The number of nitrogens with zero attached hydrogens (tertiary/aromatic N) is 3. The first kappa shape index (κ1) is 22.9. The molecule has 0 saturated carbocycles. The van der Waals surface area contributed by atoms with Crippen molar-refractivity contribution in [1.82, 2.24) is 10.3 Å². The number of hydrogen-bond donors (Lipinski definition) is 1. The molecule has 2 heterocycles. The maximum absolute atomic E-state index is 13.2. The summed E-state index contributed by atoms with van der Waals surface area (Å²) in [5.74, 6) is 1.61. The van der Waals surface area contributed by atoms with Crippen LogP contribution >= 0.6 is 0 Å². The van der Waals surface area contributed by atoms with Crippen LogP contribution in [0.5, 0.6) is 5.75 Å². The molecule has 1 atom stereocenters. The maximum atomic E-state index is 13.2. The van der Waals surface area contributed by atoms with Crippen molar-refractivity contribution in [2.45, 2.75) is 19.4 Å². The highest BCUT2D eigenvalue weighted by Gasteiger charge is 2.22. The van der Waals surface area contributed by atoms with Crippen molar-refractivity contribution in [2.75, 3.05) is 56.8 Å². The minimum atomic E-state index is -0.0874. The lowest BCUT2D eigenvalue weighted by Gasteiger charge is -2.37. The summed E-state index contributed by atoms with van der Waals surface area (Å²) in [5, 5.41) is 3.98. The number of hydrogen-bond acceptors (Lipinski definition) is 6. The molecule has 0 unspecified atom stereocenters. The first-order chi connectivity index (χ1) is 16.1. The Morgan fingerprint density at radius 1 is 1.03 bits per heavy atom. The van der Waals surface area contributed by atoms with Gasteiger partial charge >= 0.3 is 0 Å². The molecule has 2 aromatic carbocycles. The number of fused-ring (bicyclic) bond motifs is 1. The standard InChI is InChI=1S/C26H32N4O3/c1-4-19(18-32-2)27-26(31)23-17-25(28-24-8-6-5-7-22(23)24)30-15-13-29(14-16-30)20-9-11-21(33-3)12-10-20/h5-12,17,19H,4,13-16,18H2,1-3H3,(H,27,31)/t19-/m1/s1. The zero-order chi connectivity index (χ0) is 23.2. The average Bonchev–Trinajstić information content (AvgIpc) is 2.87. The molecule has 4 rings (SSSR count). The molecule has 0 aliphatic carbocycles. The number of pyridine rings is 1. The monoisotopic (exact) mass is 448 g/mol. The Morgan fingerprint density at radius 3 is 2.39 bits per heavy atom. The molecule has 1 aromatic heterocycles. The van der Waals surface area contributed by atoms with Crippen molar-refractivity contribution in [2.24, 2.45) is 0 Å². The smallest absolute Gasteiger partial charge is 0.252 e. The average molecular weight is 449 g/mol. The van der Waals surface area contributed by atoms with E-state index in [0.717, 1.165) is 55.1 Å². The van der Waals surface area contributed by atoms with Crippen LogP contribution < -0.4 is 19.9 Å². The fraction of sp³-hybridized carbons (Fsp3) is 0.385. The van der Waals surface area contributed by atoms with Crippen LogP contribution in [0.4, 0.5) is 11.5 Å². The third kappa shape index (κ3) is 5.20. The van der Waals surface area contributed by atoms with Crippen molar-refractivity contribution < 1.29 is 14.3 Å². The second-order valence-electron chi connectivity index (χ2n) is 8.25. The molecule has 1 saturated heterocycles. The molecule has 0 spiro atoms. The molecule has 1 fully saturated rings. The number of nitrogens with one attached hydrogen (secondary N) is 1. The van der Waals surface area contributed by atoms with E-state index in [9.17, 15) is 4.79 Å². The molecule has 33 heavy (non-hydrogen) atoms. The van der Waals surface area contributed by atoms with Gasteiger partial charge in [-0.15, -0.1) is 0 Å². The Bertz CT molecular complexity index is 1080. The molecule has 3 aromatic rings. The van der Waals surface area contributed by atoms with Crippen LogP contribution in [0, 0.1) is 0 Å². The summed E-state index contributed by atoms with van der Waals surface area (Å²) in [4.78, 5) is 22.7. The molecule has 1 aliphatic heterocycles. The van der Waals surface area contributed by atoms with Gasteiger partial charge in [0.1, 0.15) is 11.6 Å². The van der Waals surface area contributed by atoms with Gasteiger partial charge in [0, 0.05) is 44.4 Å². The van der Waals surface area contributed by atoms with Crippen molar-refractivity contribution >= 4 is 28.3 Å². The molecule has 0 bridgehead atoms. The molecule has 1 aliphatic rings. The second kappa shape index (κ2) is 10.5. The zero-order valence-corrected chi connectivity index (χ0v) is 19.6. The number of carbonyl (C=O) groups excluding carboxylic acids is 1. The lowest BCUT2D eigenvalue weighted by molar-refractivity contribution is 0.0896. The first-order valence-electron chi connectivity index (χ1n) is 11.5. The predicted molar refractivity (Wildman–Crippen MR) is 133 cm³/mol. The molecule has 7 nitrogen and oxygen atoms in total. The van der Waals surface area contributed by atoms with Gasteiger partial charge in [-0.1, -0.05) is 25.1 Å². The highest BCUT2D eigenvalue weighted by atomic mass is 16.5. The van der Waals surface area contributed by atoms with Gasteiger partial charge in [-0.3, -0.25) is 4.79 Å². The molecular weight excluding hydrogens is 416 g/mol. The van der Waals surface area contributed by atoms with E-state index in [1.165, 1.54) is 5.69 Å². The number of anilines is 2. The Morgan fingerprint density at radius 2 is 1.73 bits per heavy atom. The summed E-state index contributed by atoms with van der Waals surface area (Å²) in [6, 6.07) is 17.9. The SMILES string of the molecule is CC[C@H](COC)NC(=O)c1cc(N2CCN(c3ccc(OC)cc3)CC2)nc2ccccc12. The Hall–Kier alpha value is -3.32. The van der Waals surface area contributed by atoms with Crippen molar-refractivity contribution in [3.63, 3.8) is 0 Å². The van der Waals surface area contributed by atoms with Crippen LogP contribution in [0.1, 0.15) is 23.7 Å². The van der Waals surface area contributed by atoms with Gasteiger partial charge in [-0.05, 0) is 42.8 Å². The lowest BCUT2D eigenvalue weighted by Crippen LogP contribution is -2.47. The summed E-state index contributed by atoms with van der Waals surface area (Å²) in [6.07, 6.45) is 0.808. The van der Waals surface area contributed by atoms with Gasteiger partial charge in [0.25, 0.3) is 5.91 Å². The topological polar surface area (TPSA) is 66.9 Å². The second-order valence-corrected chi connectivity index (χ2v) is 8.25. The van der Waals surface area contributed by atoms with Gasteiger partial charge in [-0.25, -0.2) is 4.98 Å². The highest BCUT2D eigenvalue weighted by Crippen LogP contribution is 2.26. The summed E-state index contributed by atoms with van der Waals surface area (Å²) in [7, 11) is 3.33. The number of rotatable bonds is 8. The van der Waals surface area contributed by atoms with Gasteiger partial charge in [0.05, 0.1) is 30.8 Å². The van der Waals surface area contributed by atoms with Crippen LogP contribution in [0.25, 0.3) is 10.9 Å². The van der Waals surface area contributed by atoms with E-state index >= 15 is 0 Å². The largest absolute Gasteiger partial charge is 0.497 e. The number of piperazine rings is 1. The Kier molecular flexibility index (Phi) is 7.29. The molecule has 7 heteroatoms. The molecular formula is C26H32N4O3. The first-order valence-corrected chi connectivity index (χ1v) is 11.5. The van der Waals surface area contributed by atoms with Crippen LogP contribution in [0.15, 0.2) is 54.6 Å². The van der Waals surface area contributed by atoms with E-state index in [1.54, 1.807) is 14.2 Å². The van der Waals surface area contributed by atoms with E-state index < -0.39 is 0 Å². The van der Waals surface area contributed by atoms with E-state index in [4.69, 9.17) is 14.5 Å². The minimum absolute atomic E-state index is 0.0223. The normalized spacial score (nSPS) is 14.9. The van der Waals surface area contributed by atoms with Gasteiger partial charge < -0.3 is 24.6 Å². The van der Waals surface area contributed by atoms with E-state index in [-0.39, 0.29) is 11.9 Å². The molecule has 0 radical (unpaired) electrons. The van der Waals surface area contributed by atoms with E-state index in [2.05, 4.69) is 27.2 Å². The zero-order valence-electron chi connectivity index (χ0n) is 19.6. The maximum Gasteiger partial charge on any atom is 0.252 e. The van der Waals surface area contributed by atoms with Crippen LogP contribution in [-0.2, 0) is 4.74 Å². The summed E-state index contributed by atoms with van der Waals surface area (Å²) in [6.45, 7) is 5.97. The van der Waals surface area contributed by atoms with Gasteiger partial charge in [0.15, 0.2) is 0 Å². The quantitative estimate of drug-likeness (QED) is 0.567. The highest BCUT2D eigenvalue weighted by molar-refractivity contribution is 6.07. The third-order valence-corrected chi connectivity index (χ3v) is 6.18. The molecule has 1 amide bonds. The number of methoxy groups -OCH3 is 2. The fourth-order valence-electron chi connectivity index (χ4n) is 4.22. The number of amides is 1. The Labute approximate surface area is 195 Å². The van der Waals surface area contributed by atoms with E-state index in [0.29, 0.717) is 12.2 Å². The Balaban J connectivity index is 1.54. The van der Waals surface area contributed by atoms with Crippen LogP contribution in [-0.4, -0.2) is 63.9 Å². The van der Waals surface area contributed by atoms with E-state index in [1.807, 2.05) is 49.4 Å².